The molecule has 1 aromatic heterocycles. The molecule has 2 heterocycles. The van der Waals surface area contributed by atoms with E-state index < -0.39 is 0 Å². The Morgan fingerprint density at radius 1 is 1.00 bits per heavy atom. The number of rotatable bonds is 5. The summed E-state index contributed by atoms with van der Waals surface area (Å²) in [6.45, 7) is 9.54. The van der Waals surface area contributed by atoms with Crippen LogP contribution in [-0.4, -0.2) is 45.0 Å². The summed E-state index contributed by atoms with van der Waals surface area (Å²) in [5.41, 5.74) is 2.46. The molecule has 0 fully saturated rings. The summed E-state index contributed by atoms with van der Waals surface area (Å²) < 4.78 is 21.3. The Labute approximate surface area is 174 Å². The van der Waals surface area contributed by atoms with E-state index in [0.717, 1.165) is 11.1 Å². The lowest BCUT2D eigenvalue weighted by Gasteiger charge is -2.31. The maximum absolute atomic E-state index is 12.7. The van der Waals surface area contributed by atoms with Gasteiger partial charge in [-0.1, -0.05) is 0 Å². The SMILES string of the molecule is [C]c1c2c(cc(OC)c1OC)CN(c1nc3cc(OC)c(OC)cc3c(=O)[nH]1)CC2. The van der Waals surface area contributed by atoms with Crippen LogP contribution in [0.5, 0.6) is 23.0 Å². The van der Waals surface area contributed by atoms with Gasteiger partial charge in [-0.2, -0.15) is 0 Å². The average molecular weight is 408 g/mol. The van der Waals surface area contributed by atoms with E-state index >= 15 is 0 Å². The molecule has 0 unspecified atom stereocenters. The van der Waals surface area contributed by atoms with Crippen LogP contribution in [0.1, 0.15) is 16.7 Å². The summed E-state index contributed by atoms with van der Waals surface area (Å²) in [6, 6.07) is 5.20. The molecule has 155 valence electrons. The van der Waals surface area contributed by atoms with E-state index in [0.29, 0.717) is 64.9 Å². The van der Waals surface area contributed by atoms with Crippen molar-refractivity contribution < 1.29 is 18.9 Å². The number of nitrogens with one attached hydrogen (secondary N) is 1. The molecule has 8 nitrogen and oxygen atoms in total. The van der Waals surface area contributed by atoms with Gasteiger partial charge >= 0.3 is 0 Å². The number of methoxy groups -OCH3 is 4. The van der Waals surface area contributed by atoms with Crippen LogP contribution in [0.25, 0.3) is 10.9 Å². The molecular formula is C22H22N3O5. The van der Waals surface area contributed by atoms with E-state index in [-0.39, 0.29) is 5.56 Å². The third kappa shape index (κ3) is 3.18. The minimum atomic E-state index is -0.254. The van der Waals surface area contributed by atoms with Crippen LogP contribution < -0.4 is 29.4 Å². The number of H-pyrrole nitrogens is 1. The zero-order valence-corrected chi connectivity index (χ0v) is 17.3. The van der Waals surface area contributed by atoms with Crippen LogP contribution in [0.4, 0.5) is 5.95 Å². The number of hydrogen-bond donors (Lipinski definition) is 1. The lowest BCUT2D eigenvalue weighted by molar-refractivity contribution is 0.352. The molecule has 2 aromatic carbocycles. The number of fused-ring (bicyclic) bond motifs is 2. The van der Waals surface area contributed by atoms with Crippen molar-refractivity contribution in [1.82, 2.24) is 9.97 Å². The first kappa shape index (κ1) is 19.9. The molecule has 1 N–H and O–H groups in total. The van der Waals surface area contributed by atoms with E-state index in [9.17, 15) is 4.79 Å². The van der Waals surface area contributed by atoms with Crippen molar-refractivity contribution in [2.45, 2.75) is 13.0 Å². The Kier molecular flexibility index (Phi) is 5.15. The van der Waals surface area contributed by atoms with Crippen LogP contribution in [0.3, 0.4) is 0 Å². The van der Waals surface area contributed by atoms with Crippen molar-refractivity contribution in [3.8, 4) is 23.0 Å². The van der Waals surface area contributed by atoms with Gasteiger partial charge in [0.15, 0.2) is 23.0 Å². The van der Waals surface area contributed by atoms with Crippen molar-refractivity contribution >= 4 is 16.9 Å². The highest BCUT2D eigenvalue weighted by atomic mass is 16.5. The first-order chi connectivity index (χ1) is 14.5. The number of nitrogens with zero attached hydrogens (tertiary/aromatic N) is 2. The summed E-state index contributed by atoms with van der Waals surface area (Å²) in [7, 11) is 6.15. The number of aromatic amines is 1. The average Bonchev–Trinajstić information content (AvgIpc) is 2.77. The number of hydrogen-bond acceptors (Lipinski definition) is 7. The largest absolute Gasteiger partial charge is 0.493 e. The van der Waals surface area contributed by atoms with Crippen molar-refractivity contribution in [3.05, 3.63) is 52.2 Å². The number of anilines is 1. The van der Waals surface area contributed by atoms with Gasteiger partial charge in [0.05, 0.1) is 39.3 Å². The lowest BCUT2D eigenvalue weighted by Crippen LogP contribution is -2.33. The van der Waals surface area contributed by atoms with Crippen LogP contribution in [0, 0.1) is 6.92 Å². The fourth-order valence-corrected chi connectivity index (χ4v) is 3.83. The molecule has 3 aromatic rings. The molecule has 3 radical (unpaired) electrons. The highest BCUT2D eigenvalue weighted by Gasteiger charge is 2.24. The van der Waals surface area contributed by atoms with Crippen molar-refractivity contribution in [1.29, 1.82) is 0 Å². The van der Waals surface area contributed by atoms with Gasteiger partial charge < -0.3 is 23.8 Å². The zero-order valence-electron chi connectivity index (χ0n) is 17.3. The summed E-state index contributed by atoms with van der Waals surface area (Å²) in [4.78, 5) is 22.2. The summed E-state index contributed by atoms with van der Waals surface area (Å²) >= 11 is 0. The van der Waals surface area contributed by atoms with Crippen LogP contribution >= 0.6 is 0 Å². The normalized spacial score (nSPS) is 13.2. The molecule has 0 saturated carbocycles. The zero-order chi connectivity index (χ0) is 21.4. The second kappa shape index (κ2) is 7.78. The Hall–Kier alpha value is -3.42. The Balaban J connectivity index is 1.76. The molecule has 4 rings (SSSR count). The predicted octanol–water partition coefficient (Wildman–Crippen LogP) is 2.46. The molecule has 8 heteroatoms. The monoisotopic (exact) mass is 408 g/mol. The van der Waals surface area contributed by atoms with Crippen LogP contribution in [0.2, 0.25) is 0 Å². The van der Waals surface area contributed by atoms with Gasteiger partial charge in [-0.15, -0.1) is 0 Å². The highest BCUT2D eigenvalue weighted by molar-refractivity contribution is 5.82. The van der Waals surface area contributed by atoms with Crippen LogP contribution in [-0.2, 0) is 13.0 Å². The first-order valence-corrected chi connectivity index (χ1v) is 9.40. The predicted molar refractivity (Wildman–Crippen MR) is 112 cm³/mol. The molecule has 1 aliphatic heterocycles. The quantitative estimate of drug-likeness (QED) is 0.694. The number of ether oxygens (including phenoxy) is 4. The Morgan fingerprint density at radius 2 is 1.70 bits per heavy atom. The molecule has 0 aliphatic carbocycles. The van der Waals surface area contributed by atoms with E-state index in [1.54, 1.807) is 26.4 Å². The molecule has 0 atom stereocenters. The second-order valence-electron chi connectivity index (χ2n) is 6.91. The van der Waals surface area contributed by atoms with Crippen LogP contribution in [0.15, 0.2) is 23.0 Å². The maximum Gasteiger partial charge on any atom is 0.260 e. The smallest absolute Gasteiger partial charge is 0.260 e. The molecule has 0 amide bonds. The van der Waals surface area contributed by atoms with Gasteiger partial charge in [0.25, 0.3) is 5.56 Å². The fraction of sp³-hybridized carbons (Fsp3) is 0.318. The summed E-state index contributed by atoms with van der Waals surface area (Å²) in [5.74, 6) is 2.39. The highest BCUT2D eigenvalue weighted by Crippen LogP contribution is 2.38. The van der Waals surface area contributed by atoms with Crippen molar-refractivity contribution in [3.63, 3.8) is 0 Å². The van der Waals surface area contributed by atoms with E-state index in [1.807, 2.05) is 11.0 Å². The third-order valence-electron chi connectivity index (χ3n) is 5.36. The maximum atomic E-state index is 12.7. The van der Waals surface area contributed by atoms with Gasteiger partial charge in [0, 0.05) is 31.6 Å². The lowest BCUT2D eigenvalue weighted by atomic mass is 9.94. The van der Waals surface area contributed by atoms with E-state index in [4.69, 9.17) is 25.9 Å². The van der Waals surface area contributed by atoms with E-state index in [2.05, 4.69) is 9.97 Å². The van der Waals surface area contributed by atoms with Gasteiger partial charge in [-0.05, 0) is 29.7 Å². The molecule has 0 bridgehead atoms. The third-order valence-corrected chi connectivity index (χ3v) is 5.36. The second-order valence-corrected chi connectivity index (χ2v) is 6.91. The summed E-state index contributed by atoms with van der Waals surface area (Å²) in [5, 5.41) is 0.425. The van der Waals surface area contributed by atoms with Gasteiger partial charge in [0.1, 0.15) is 0 Å². The number of aromatic nitrogens is 2. The molecular weight excluding hydrogens is 386 g/mol. The molecule has 30 heavy (non-hydrogen) atoms. The molecule has 1 aliphatic rings. The topological polar surface area (TPSA) is 85.9 Å². The minimum Gasteiger partial charge on any atom is -0.493 e. The van der Waals surface area contributed by atoms with Gasteiger partial charge in [-0.25, -0.2) is 4.98 Å². The van der Waals surface area contributed by atoms with Gasteiger partial charge in [-0.3, -0.25) is 9.78 Å². The van der Waals surface area contributed by atoms with Crippen molar-refractivity contribution in [2.75, 3.05) is 39.9 Å². The Bertz CT molecular complexity index is 1170. The fourth-order valence-electron chi connectivity index (χ4n) is 3.83. The number of benzene rings is 2. The van der Waals surface area contributed by atoms with Crippen molar-refractivity contribution in [2.24, 2.45) is 0 Å². The van der Waals surface area contributed by atoms with Gasteiger partial charge in [0.2, 0.25) is 5.95 Å². The minimum absolute atomic E-state index is 0.254. The standard InChI is InChI=1S/C22H22N3O5/c1-12-14-6-7-25(11-13(14)8-19(29-4)20(12)30-5)22-23-16-10-18(28-3)17(27-2)9-15(16)21(26)24-22/h8-10H,6-7,11H2,2-5H3,(H,23,24,26). The molecule has 0 spiro atoms. The first-order valence-electron chi connectivity index (χ1n) is 9.40. The summed E-state index contributed by atoms with van der Waals surface area (Å²) in [6.07, 6.45) is 0.627. The molecule has 0 saturated heterocycles. The Morgan fingerprint density at radius 3 is 2.37 bits per heavy atom. The van der Waals surface area contributed by atoms with E-state index in [1.165, 1.54) is 14.2 Å².